The highest BCUT2D eigenvalue weighted by Crippen LogP contribution is 2.53. The van der Waals surface area contributed by atoms with Crippen molar-refractivity contribution in [2.75, 3.05) is 19.6 Å². The highest BCUT2D eigenvalue weighted by Gasteiger charge is 2.56. The van der Waals surface area contributed by atoms with E-state index in [9.17, 15) is 9.59 Å². The predicted molar refractivity (Wildman–Crippen MR) is 101 cm³/mol. The summed E-state index contributed by atoms with van der Waals surface area (Å²) in [5, 5.41) is 3.11. The summed E-state index contributed by atoms with van der Waals surface area (Å²) < 4.78 is 5.44. The van der Waals surface area contributed by atoms with Gasteiger partial charge < -0.3 is 15.0 Å². The van der Waals surface area contributed by atoms with Gasteiger partial charge in [0.2, 0.25) is 5.91 Å². The van der Waals surface area contributed by atoms with Crippen molar-refractivity contribution in [3.63, 3.8) is 0 Å². The van der Waals surface area contributed by atoms with Crippen molar-refractivity contribution in [3.05, 3.63) is 30.1 Å². The van der Waals surface area contributed by atoms with Gasteiger partial charge in [0.25, 0.3) is 0 Å². The first-order valence-corrected chi connectivity index (χ1v) is 9.99. The number of pyridine rings is 1. The molecule has 1 aromatic rings. The zero-order valence-corrected chi connectivity index (χ0v) is 16.4. The summed E-state index contributed by atoms with van der Waals surface area (Å²) in [7, 11) is 0. The Morgan fingerprint density at radius 1 is 1.30 bits per heavy atom. The molecule has 2 saturated carbocycles. The highest BCUT2D eigenvalue weighted by atomic mass is 16.6. The number of hydrogen-bond acceptors (Lipinski definition) is 4. The monoisotopic (exact) mass is 371 g/mol. The lowest BCUT2D eigenvalue weighted by molar-refractivity contribution is -0.122. The van der Waals surface area contributed by atoms with E-state index in [1.807, 2.05) is 44.0 Å². The normalized spacial score (nSPS) is 31.2. The minimum Gasteiger partial charge on any atom is -0.444 e. The SMILES string of the molecule is CC(C)(C)OC(=O)N1C[C@@H]2C(CCNC(=O)[C@@H]3C[C@H]3c3cccnc3)[C@@H]2C1. The second-order valence-electron chi connectivity index (χ2n) is 9.19. The Labute approximate surface area is 160 Å². The minimum absolute atomic E-state index is 0.107. The summed E-state index contributed by atoms with van der Waals surface area (Å²) >= 11 is 0. The van der Waals surface area contributed by atoms with Crippen LogP contribution in [-0.2, 0) is 9.53 Å². The molecule has 0 spiro atoms. The van der Waals surface area contributed by atoms with Crippen molar-refractivity contribution in [1.82, 2.24) is 15.2 Å². The highest BCUT2D eigenvalue weighted by molar-refractivity contribution is 5.82. The van der Waals surface area contributed by atoms with Crippen molar-refractivity contribution >= 4 is 12.0 Å². The third kappa shape index (κ3) is 4.09. The van der Waals surface area contributed by atoms with Crippen LogP contribution in [0.3, 0.4) is 0 Å². The molecule has 146 valence electrons. The van der Waals surface area contributed by atoms with Crippen LogP contribution < -0.4 is 5.32 Å². The van der Waals surface area contributed by atoms with Crippen LogP contribution in [0.15, 0.2) is 24.5 Å². The van der Waals surface area contributed by atoms with Gasteiger partial charge in [0.05, 0.1) is 0 Å². The Hall–Kier alpha value is -2.11. The van der Waals surface area contributed by atoms with Crippen molar-refractivity contribution in [2.24, 2.45) is 23.7 Å². The van der Waals surface area contributed by atoms with Gasteiger partial charge in [-0.15, -0.1) is 0 Å². The smallest absolute Gasteiger partial charge is 0.410 e. The van der Waals surface area contributed by atoms with E-state index in [-0.39, 0.29) is 17.9 Å². The number of piperidine rings is 1. The van der Waals surface area contributed by atoms with Crippen molar-refractivity contribution in [1.29, 1.82) is 0 Å². The first-order chi connectivity index (χ1) is 12.8. The minimum atomic E-state index is -0.440. The number of hydrogen-bond donors (Lipinski definition) is 1. The molecule has 0 radical (unpaired) electrons. The molecule has 2 heterocycles. The third-order valence-electron chi connectivity index (χ3n) is 6.04. The van der Waals surface area contributed by atoms with Gasteiger partial charge in [-0.1, -0.05) is 6.07 Å². The Kier molecular flexibility index (Phi) is 4.60. The fraction of sp³-hybridized carbons (Fsp3) is 0.667. The number of likely N-dealkylation sites (tertiary alicyclic amines) is 1. The molecule has 4 rings (SSSR count). The van der Waals surface area contributed by atoms with Crippen LogP contribution in [0.25, 0.3) is 0 Å². The third-order valence-corrected chi connectivity index (χ3v) is 6.04. The summed E-state index contributed by atoms with van der Waals surface area (Å²) in [5.41, 5.74) is 0.723. The van der Waals surface area contributed by atoms with E-state index >= 15 is 0 Å². The van der Waals surface area contributed by atoms with E-state index in [4.69, 9.17) is 4.74 Å². The molecule has 1 aliphatic heterocycles. The first-order valence-electron chi connectivity index (χ1n) is 9.99. The summed E-state index contributed by atoms with van der Waals surface area (Å²) in [6.07, 6.45) is 5.36. The summed E-state index contributed by atoms with van der Waals surface area (Å²) in [4.78, 5) is 30.4. The Balaban J connectivity index is 1.14. The molecule has 27 heavy (non-hydrogen) atoms. The molecule has 3 fully saturated rings. The first kappa shape index (κ1) is 18.3. The molecule has 6 nitrogen and oxygen atoms in total. The van der Waals surface area contributed by atoms with Gasteiger partial charge in [-0.05, 0) is 68.9 Å². The van der Waals surface area contributed by atoms with E-state index in [0.29, 0.717) is 23.7 Å². The number of rotatable bonds is 5. The number of aromatic nitrogens is 1. The van der Waals surface area contributed by atoms with Crippen molar-refractivity contribution in [2.45, 2.75) is 45.1 Å². The molecule has 0 aromatic carbocycles. The predicted octanol–water partition coefficient (Wildman–Crippen LogP) is 2.80. The zero-order chi connectivity index (χ0) is 19.2. The van der Waals surface area contributed by atoms with Gasteiger partial charge >= 0.3 is 6.09 Å². The maximum absolute atomic E-state index is 12.3. The number of nitrogens with one attached hydrogen (secondary N) is 1. The van der Waals surface area contributed by atoms with E-state index in [2.05, 4.69) is 10.3 Å². The maximum atomic E-state index is 12.3. The number of amides is 2. The second-order valence-corrected chi connectivity index (χ2v) is 9.19. The van der Waals surface area contributed by atoms with Crippen LogP contribution in [0.4, 0.5) is 4.79 Å². The lowest BCUT2D eigenvalue weighted by Crippen LogP contribution is -2.37. The van der Waals surface area contributed by atoms with Crippen LogP contribution >= 0.6 is 0 Å². The van der Waals surface area contributed by atoms with Crippen LogP contribution in [0.2, 0.25) is 0 Å². The summed E-state index contributed by atoms with van der Waals surface area (Å²) in [5.74, 6) is 2.41. The summed E-state index contributed by atoms with van der Waals surface area (Å²) in [6.45, 7) is 8.01. The van der Waals surface area contributed by atoms with Gasteiger partial charge in [0.15, 0.2) is 0 Å². The number of carbonyl (C=O) groups is 2. The molecule has 3 aliphatic rings. The lowest BCUT2D eigenvalue weighted by Gasteiger charge is -2.25. The topological polar surface area (TPSA) is 71.5 Å². The zero-order valence-electron chi connectivity index (χ0n) is 16.4. The van der Waals surface area contributed by atoms with Gasteiger partial charge in [-0.2, -0.15) is 0 Å². The van der Waals surface area contributed by atoms with Crippen LogP contribution in [0.1, 0.15) is 45.1 Å². The molecule has 1 unspecified atom stereocenters. The number of carbonyl (C=O) groups excluding carboxylic acids is 2. The molecule has 1 aromatic heterocycles. The van der Waals surface area contributed by atoms with E-state index in [1.54, 1.807) is 6.20 Å². The Morgan fingerprint density at radius 3 is 2.67 bits per heavy atom. The quantitative estimate of drug-likeness (QED) is 0.864. The van der Waals surface area contributed by atoms with Crippen molar-refractivity contribution in [3.8, 4) is 0 Å². The van der Waals surface area contributed by atoms with Crippen LogP contribution in [0, 0.1) is 23.7 Å². The van der Waals surface area contributed by atoms with Crippen LogP contribution in [0.5, 0.6) is 0 Å². The fourth-order valence-corrected chi connectivity index (χ4v) is 4.49. The molecule has 2 aliphatic carbocycles. The van der Waals surface area contributed by atoms with Gasteiger partial charge in [0.1, 0.15) is 5.60 Å². The molecular formula is C21H29N3O3. The standard InChI is InChI=1S/C21H29N3O3/c1-21(2,3)27-20(26)24-11-17-14(18(17)12-24)6-8-23-19(25)16-9-15(16)13-5-4-7-22-10-13/h4-5,7,10,14-18H,6,8-9,11-12H2,1-3H3,(H,23,25)/t14?,15-,16+,17-,18+/m0/s1. The van der Waals surface area contributed by atoms with E-state index < -0.39 is 5.60 Å². The number of fused-ring (bicyclic) bond motifs is 1. The molecule has 6 heteroatoms. The average Bonchev–Trinajstić information content (AvgIpc) is 3.49. The molecule has 5 atom stereocenters. The lowest BCUT2D eigenvalue weighted by atomic mass is 10.1. The van der Waals surface area contributed by atoms with Crippen LogP contribution in [-0.4, -0.2) is 47.1 Å². The Bertz CT molecular complexity index is 703. The average molecular weight is 371 g/mol. The molecular weight excluding hydrogens is 342 g/mol. The van der Waals surface area contributed by atoms with Gasteiger partial charge in [-0.25, -0.2) is 4.79 Å². The fourth-order valence-electron chi connectivity index (χ4n) is 4.49. The molecule has 1 N–H and O–H groups in total. The summed E-state index contributed by atoms with van der Waals surface area (Å²) in [6, 6.07) is 3.97. The molecule has 0 bridgehead atoms. The number of nitrogens with zero attached hydrogens (tertiary/aromatic N) is 2. The van der Waals surface area contributed by atoms with Gasteiger partial charge in [-0.3, -0.25) is 9.78 Å². The molecule has 2 amide bonds. The van der Waals surface area contributed by atoms with Crippen molar-refractivity contribution < 1.29 is 14.3 Å². The largest absolute Gasteiger partial charge is 0.444 e. The van der Waals surface area contributed by atoms with E-state index in [0.717, 1.165) is 38.0 Å². The maximum Gasteiger partial charge on any atom is 0.410 e. The second kappa shape index (κ2) is 6.80. The Morgan fingerprint density at radius 2 is 2.04 bits per heavy atom. The number of ether oxygens (including phenoxy) is 1. The molecule has 1 saturated heterocycles. The van der Waals surface area contributed by atoms with E-state index in [1.165, 1.54) is 0 Å². The van der Waals surface area contributed by atoms with Gasteiger partial charge in [0, 0.05) is 37.9 Å².